The Labute approximate surface area is 121 Å². The number of hydrogen-bond acceptors (Lipinski definition) is 2. The van der Waals surface area contributed by atoms with Crippen molar-refractivity contribution in [3.05, 3.63) is 16.4 Å². The molecule has 108 valence electrons. The largest absolute Gasteiger partial charge is 0.317 e. The number of aromatic nitrogens is 2. The summed E-state index contributed by atoms with van der Waals surface area (Å²) in [6, 6.07) is 0.507. The molecule has 1 atom stereocenters. The quantitative estimate of drug-likeness (QED) is 0.866. The van der Waals surface area contributed by atoms with Crippen LogP contribution in [0.15, 0.2) is 0 Å². The summed E-state index contributed by atoms with van der Waals surface area (Å²) in [5, 5.41) is 8.67. The van der Waals surface area contributed by atoms with Gasteiger partial charge in [0.15, 0.2) is 0 Å². The minimum absolute atomic E-state index is 0.507. The van der Waals surface area contributed by atoms with E-state index >= 15 is 0 Å². The maximum Gasteiger partial charge on any atom is 0.0847 e. The van der Waals surface area contributed by atoms with Gasteiger partial charge in [0.05, 0.1) is 16.4 Å². The van der Waals surface area contributed by atoms with Gasteiger partial charge >= 0.3 is 0 Å². The number of likely N-dealkylation sites (N-methyl/N-ethyl adjacent to an activating group) is 1. The first-order valence-electron chi connectivity index (χ1n) is 7.47. The van der Waals surface area contributed by atoms with Crippen LogP contribution >= 0.6 is 11.6 Å². The van der Waals surface area contributed by atoms with E-state index in [0.717, 1.165) is 28.7 Å². The average molecular weight is 284 g/mol. The van der Waals surface area contributed by atoms with Gasteiger partial charge in [-0.15, -0.1) is 0 Å². The Morgan fingerprint density at radius 1 is 1.42 bits per heavy atom. The van der Waals surface area contributed by atoms with E-state index < -0.39 is 0 Å². The third-order valence-electron chi connectivity index (χ3n) is 4.51. The molecule has 0 aromatic carbocycles. The van der Waals surface area contributed by atoms with Crippen molar-refractivity contribution >= 4 is 11.6 Å². The van der Waals surface area contributed by atoms with Gasteiger partial charge in [-0.25, -0.2) is 0 Å². The standard InChI is InChI=1S/C15H26ClN3/c1-11-15(16)14(19(3)18-11)10-13(17-2)9-8-12-6-4-5-7-12/h12-13,17H,4-10H2,1-3H3. The summed E-state index contributed by atoms with van der Waals surface area (Å²) < 4.78 is 1.93. The lowest BCUT2D eigenvalue weighted by Gasteiger charge is -2.18. The number of rotatable bonds is 6. The van der Waals surface area contributed by atoms with Crippen LogP contribution in [0.5, 0.6) is 0 Å². The monoisotopic (exact) mass is 283 g/mol. The van der Waals surface area contributed by atoms with Crippen LogP contribution < -0.4 is 5.32 Å². The Hall–Kier alpha value is -0.540. The van der Waals surface area contributed by atoms with Crippen LogP contribution in [0, 0.1) is 12.8 Å². The van der Waals surface area contributed by atoms with Crippen LogP contribution in [0.2, 0.25) is 5.02 Å². The molecule has 1 aromatic rings. The van der Waals surface area contributed by atoms with Gasteiger partial charge in [0.2, 0.25) is 0 Å². The van der Waals surface area contributed by atoms with Gasteiger partial charge in [-0.2, -0.15) is 5.10 Å². The van der Waals surface area contributed by atoms with Crippen LogP contribution in [0.1, 0.15) is 49.9 Å². The fourth-order valence-electron chi connectivity index (χ4n) is 3.22. The third kappa shape index (κ3) is 3.73. The van der Waals surface area contributed by atoms with Crippen molar-refractivity contribution in [2.75, 3.05) is 7.05 Å². The lowest BCUT2D eigenvalue weighted by atomic mass is 9.96. The molecule has 0 saturated heterocycles. The van der Waals surface area contributed by atoms with E-state index in [2.05, 4.69) is 17.5 Å². The van der Waals surface area contributed by atoms with Gasteiger partial charge in [0, 0.05) is 19.5 Å². The molecular weight excluding hydrogens is 258 g/mol. The molecule has 1 aliphatic carbocycles. The molecule has 1 fully saturated rings. The fraction of sp³-hybridized carbons (Fsp3) is 0.800. The zero-order chi connectivity index (χ0) is 13.8. The second kappa shape index (κ2) is 6.76. The Balaban J connectivity index is 1.90. The molecular formula is C15H26ClN3. The lowest BCUT2D eigenvalue weighted by Crippen LogP contribution is -2.29. The Morgan fingerprint density at radius 3 is 2.63 bits per heavy atom. The zero-order valence-electron chi connectivity index (χ0n) is 12.4. The van der Waals surface area contributed by atoms with Crippen molar-refractivity contribution in [3.63, 3.8) is 0 Å². The van der Waals surface area contributed by atoms with E-state index in [4.69, 9.17) is 11.6 Å². The summed E-state index contributed by atoms with van der Waals surface area (Å²) in [5.74, 6) is 0.958. The fourth-order valence-corrected chi connectivity index (χ4v) is 3.46. The molecule has 1 heterocycles. The summed E-state index contributed by atoms with van der Waals surface area (Å²) >= 11 is 6.33. The van der Waals surface area contributed by atoms with Crippen LogP contribution in [-0.4, -0.2) is 22.9 Å². The van der Waals surface area contributed by atoms with Crippen molar-refractivity contribution in [2.24, 2.45) is 13.0 Å². The lowest BCUT2D eigenvalue weighted by molar-refractivity contribution is 0.413. The second-order valence-electron chi connectivity index (χ2n) is 5.89. The third-order valence-corrected chi connectivity index (χ3v) is 5.00. The molecule has 0 spiro atoms. The SMILES string of the molecule is CNC(CCC1CCCC1)Cc1c(Cl)c(C)nn1C. The first kappa shape index (κ1) is 14.9. The van der Waals surface area contributed by atoms with Crippen LogP contribution in [0.4, 0.5) is 0 Å². The van der Waals surface area contributed by atoms with Gasteiger partial charge < -0.3 is 5.32 Å². The molecule has 4 heteroatoms. The van der Waals surface area contributed by atoms with Crippen molar-refractivity contribution < 1.29 is 0 Å². The van der Waals surface area contributed by atoms with Crippen molar-refractivity contribution in [3.8, 4) is 0 Å². The maximum atomic E-state index is 6.33. The van der Waals surface area contributed by atoms with E-state index in [0.29, 0.717) is 6.04 Å². The molecule has 1 saturated carbocycles. The van der Waals surface area contributed by atoms with Crippen LogP contribution in [0.25, 0.3) is 0 Å². The summed E-state index contributed by atoms with van der Waals surface area (Å²) in [7, 11) is 4.04. The minimum atomic E-state index is 0.507. The molecule has 1 aliphatic rings. The number of nitrogens with zero attached hydrogens (tertiary/aromatic N) is 2. The highest BCUT2D eigenvalue weighted by Gasteiger charge is 2.19. The van der Waals surface area contributed by atoms with E-state index in [1.807, 2.05) is 18.7 Å². The summed E-state index contributed by atoms with van der Waals surface area (Å²) in [4.78, 5) is 0. The Kier molecular flexibility index (Phi) is 5.28. The maximum absolute atomic E-state index is 6.33. The summed E-state index contributed by atoms with van der Waals surface area (Å²) in [6.07, 6.45) is 9.29. The van der Waals surface area contributed by atoms with E-state index in [1.54, 1.807) is 0 Å². The second-order valence-corrected chi connectivity index (χ2v) is 6.27. The molecule has 0 amide bonds. The molecule has 0 bridgehead atoms. The molecule has 3 nitrogen and oxygen atoms in total. The van der Waals surface area contributed by atoms with Crippen LogP contribution in [-0.2, 0) is 13.5 Å². The zero-order valence-corrected chi connectivity index (χ0v) is 13.1. The van der Waals surface area contributed by atoms with Gasteiger partial charge in [-0.3, -0.25) is 4.68 Å². The van der Waals surface area contributed by atoms with E-state index in [1.165, 1.54) is 38.5 Å². The normalized spacial score (nSPS) is 18.1. The minimum Gasteiger partial charge on any atom is -0.317 e. The molecule has 1 aromatic heterocycles. The first-order chi connectivity index (χ1) is 9.11. The van der Waals surface area contributed by atoms with Crippen molar-refractivity contribution in [2.45, 2.75) is 57.9 Å². The Morgan fingerprint density at radius 2 is 2.11 bits per heavy atom. The predicted molar refractivity (Wildman–Crippen MR) is 80.7 cm³/mol. The predicted octanol–water partition coefficient (Wildman–Crippen LogP) is 3.48. The van der Waals surface area contributed by atoms with E-state index in [-0.39, 0.29) is 0 Å². The number of nitrogens with one attached hydrogen (secondary N) is 1. The number of aryl methyl sites for hydroxylation is 2. The van der Waals surface area contributed by atoms with Gasteiger partial charge in [-0.1, -0.05) is 37.3 Å². The van der Waals surface area contributed by atoms with Crippen molar-refractivity contribution in [1.82, 2.24) is 15.1 Å². The van der Waals surface area contributed by atoms with Gasteiger partial charge in [-0.05, 0) is 32.7 Å². The van der Waals surface area contributed by atoms with Crippen molar-refractivity contribution in [1.29, 1.82) is 0 Å². The first-order valence-corrected chi connectivity index (χ1v) is 7.84. The topological polar surface area (TPSA) is 29.9 Å². The highest BCUT2D eigenvalue weighted by molar-refractivity contribution is 6.31. The van der Waals surface area contributed by atoms with Gasteiger partial charge in [0.1, 0.15) is 0 Å². The summed E-state index contributed by atoms with van der Waals surface area (Å²) in [5.41, 5.74) is 2.09. The highest BCUT2D eigenvalue weighted by atomic mass is 35.5. The number of halogens is 1. The molecule has 1 unspecified atom stereocenters. The van der Waals surface area contributed by atoms with E-state index in [9.17, 15) is 0 Å². The van der Waals surface area contributed by atoms with Crippen LogP contribution in [0.3, 0.4) is 0 Å². The number of hydrogen-bond donors (Lipinski definition) is 1. The Bertz CT molecular complexity index is 408. The molecule has 0 aliphatic heterocycles. The summed E-state index contributed by atoms with van der Waals surface area (Å²) in [6.45, 7) is 1.97. The molecule has 1 N–H and O–H groups in total. The smallest absolute Gasteiger partial charge is 0.0847 e. The van der Waals surface area contributed by atoms with Gasteiger partial charge in [0.25, 0.3) is 0 Å². The average Bonchev–Trinajstić information content (AvgIpc) is 2.98. The molecule has 0 radical (unpaired) electrons. The molecule has 2 rings (SSSR count). The molecule has 19 heavy (non-hydrogen) atoms. The highest BCUT2D eigenvalue weighted by Crippen LogP contribution is 2.29.